The Morgan fingerprint density at radius 1 is 0.828 bits per heavy atom. The average molecular weight is 401 g/mol. The van der Waals surface area contributed by atoms with Crippen LogP contribution in [0.5, 0.6) is 5.75 Å². The molecule has 2 heteroatoms. The maximum absolute atomic E-state index is 5.78. The van der Waals surface area contributed by atoms with Crippen molar-refractivity contribution in [1.82, 2.24) is 0 Å². The molecule has 0 radical (unpaired) electrons. The molecule has 1 aromatic carbocycles. The van der Waals surface area contributed by atoms with Crippen LogP contribution in [0.25, 0.3) is 0 Å². The lowest BCUT2D eigenvalue weighted by Gasteiger charge is -2.09. The van der Waals surface area contributed by atoms with Gasteiger partial charge in [-0.3, -0.25) is 0 Å². The molecule has 1 fully saturated rings. The van der Waals surface area contributed by atoms with Crippen molar-refractivity contribution in [3.63, 3.8) is 0 Å². The zero-order chi connectivity index (χ0) is 20.6. The number of hydrogen-bond acceptors (Lipinski definition) is 2. The highest BCUT2D eigenvalue weighted by Gasteiger charge is 2.40. The average Bonchev–Trinajstić information content (AvgIpc) is 3.48. The van der Waals surface area contributed by atoms with Crippen molar-refractivity contribution >= 4 is 0 Å². The number of hydrogen-bond donors (Lipinski definition) is 0. The molecule has 0 spiro atoms. The van der Waals surface area contributed by atoms with Crippen LogP contribution >= 0.6 is 0 Å². The second-order valence-corrected chi connectivity index (χ2v) is 9.01. The molecular formula is C27H44O2. The Morgan fingerprint density at radius 3 is 1.97 bits per heavy atom. The third kappa shape index (κ3) is 12.1. The molecular weight excluding hydrogens is 356 g/mol. The van der Waals surface area contributed by atoms with Crippen LogP contribution in [-0.4, -0.2) is 18.8 Å². The van der Waals surface area contributed by atoms with Gasteiger partial charge >= 0.3 is 0 Å². The van der Waals surface area contributed by atoms with Gasteiger partial charge in [-0.05, 0) is 50.3 Å². The minimum atomic E-state index is -0.0443. The summed E-state index contributed by atoms with van der Waals surface area (Å²) in [7, 11) is 0. The first-order valence-electron chi connectivity index (χ1n) is 12.2. The van der Waals surface area contributed by atoms with Crippen LogP contribution in [0, 0.1) is 0 Å². The minimum absolute atomic E-state index is 0.0443. The first-order chi connectivity index (χ1) is 14.2. The fourth-order valence-electron chi connectivity index (χ4n) is 3.61. The Balaban J connectivity index is 1.38. The molecule has 1 atom stereocenters. The Morgan fingerprint density at radius 2 is 1.38 bits per heavy atom. The normalized spacial score (nSPS) is 18.4. The van der Waals surface area contributed by atoms with Gasteiger partial charge in [-0.15, -0.1) is 0 Å². The second-order valence-electron chi connectivity index (χ2n) is 9.01. The van der Waals surface area contributed by atoms with E-state index in [0.29, 0.717) is 6.61 Å². The molecule has 1 aliphatic rings. The van der Waals surface area contributed by atoms with Gasteiger partial charge in [0.2, 0.25) is 0 Å². The summed E-state index contributed by atoms with van der Waals surface area (Å²) in [5.74, 6) is 0.942. The summed E-state index contributed by atoms with van der Waals surface area (Å²) in [4.78, 5) is 0. The lowest BCUT2D eigenvalue weighted by Crippen LogP contribution is -2.16. The molecule has 0 bridgehead atoms. The predicted octanol–water partition coefficient (Wildman–Crippen LogP) is 8.04. The standard InChI is InChI=1S/C27H44O2/c1-3-4-5-6-7-8-9-10-11-12-13-14-15-16-17-18-25-19-21-26(22-20-25)28-23-27(2)24-29-27/h15-16,19-22H,3-14,17-18,23-24H2,1-2H3/b16-15+. The van der Waals surface area contributed by atoms with Gasteiger partial charge in [-0.25, -0.2) is 0 Å². The van der Waals surface area contributed by atoms with Crippen LogP contribution in [0.2, 0.25) is 0 Å². The molecule has 29 heavy (non-hydrogen) atoms. The Hall–Kier alpha value is -1.28. The van der Waals surface area contributed by atoms with Crippen molar-refractivity contribution in [2.45, 2.75) is 109 Å². The summed E-state index contributed by atoms with van der Waals surface area (Å²) >= 11 is 0. The highest BCUT2D eigenvalue weighted by molar-refractivity contribution is 5.27. The van der Waals surface area contributed by atoms with Gasteiger partial charge in [0.05, 0.1) is 6.61 Å². The number of epoxide rings is 1. The molecule has 0 amide bonds. The van der Waals surface area contributed by atoms with Crippen LogP contribution in [0.1, 0.15) is 103 Å². The van der Waals surface area contributed by atoms with E-state index < -0.39 is 0 Å². The van der Waals surface area contributed by atoms with E-state index in [4.69, 9.17) is 9.47 Å². The number of rotatable bonds is 18. The van der Waals surface area contributed by atoms with Crippen molar-refractivity contribution < 1.29 is 9.47 Å². The first-order valence-corrected chi connectivity index (χ1v) is 12.2. The van der Waals surface area contributed by atoms with Crippen molar-refractivity contribution in [3.05, 3.63) is 42.0 Å². The first kappa shape index (κ1) is 24.0. The van der Waals surface area contributed by atoms with Crippen molar-refractivity contribution in [2.24, 2.45) is 0 Å². The lowest BCUT2D eigenvalue weighted by molar-refractivity contribution is 0.202. The summed E-state index contributed by atoms with van der Waals surface area (Å²) in [5.41, 5.74) is 1.34. The van der Waals surface area contributed by atoms with E-state index in [1.807, 2.05) is 0 Å². The third-order valence-corrected chi connectivity index (χ3v) is 5.85. The number of unbranched alkanes of at least 4 members (excludes halogenated alkanes) is 11. The number of benzene rings is 1. The molecule has 0 N–H and O–H groups in total. The smallest absolute Gasteiger partial charge is 0.123 e. The molecule has 1 saturated heterocycles. The second kappa shape index (κ2) is 14.7. The van der Waals surface area contributed by atoms with E-state index in [1.54, 1.807) is 0 Å². The highest BCUT2D eigenvalue weighted by atomic mass is 16.6. The van der Waals surface area contributed by atoms with Crippen LogP contribution in [0.4, 0.5) is 0 Å². The topological polar surface area (TPSA) is 21.8 Å². The van der Waals surface area contributed by atoms with E-state index >= 15 is 0 Å². The van der Waals surface area contributed by atoms with Crippen molar-refractivity contribution in [3.8, 4) is 5.75 Å². The van der Waals surface area contributed by atoms with E-state index in [0.717, 1.165) is 25.2 Å². The Bertz CT molecular complexity index is 542. The molecule has 0 saturated carbocycles. The maximum Gasteiger partial charge on any atom is 0.123 e. The third-order valence-electron chi connectivity index (χ3n) is 5.85. The number of allylic oxidation sites excluding steroid dienone is 2. The Kier molecular flexibility index (Phi) is 12.1. The molecule has 1 heterocycles. The van der Waals surface area contributed by atoms with E-state index in [2.05, 4.69) is 50.3 Å². The van der Waals surface area contributed by atoms with Crippen molar-refractivity contribution in [2.75, 3.05) is 13.2 Å². The lowest BCUT2D eigenvalue weighted by atomic mass is 10.0. The quantitative estimate of drug-likeness (QED) is 0.141. The zero-order valence-electron chi connectivity index (χ0n) is 19.1. The zero-order valence-corrected chi connectivity index (χ0v) is 19.1. The van der Waals surface area contributed by atoms with E-state index in [-0.39, 0.29) is 5.60 Å². The summed E-state index contributed by atoms with van der Waals surface area (Å²) in [6.07, 6.45) is 23.8. The van der Waals surface area contributed by atoms with Crippen molar-refractivity contribution in [1.29, 1.82) is 0 Å². The molecule has 1 aliphatic heterocycles. The monoisotopic (exact) mass is 400 g/mol. The van der Waals surface area contributed by atoms with E-state index in [9.17, 15) is 0 Å². The molecule has 2 rings (SSSR count). The summed E-state index contributed by atoms with van der Waals surface area (Å²) < 4.78 is 11.1. The molecule has 164 valence electrons. The molecule has 0 aromatic heterocycles. The molecule has 1 aromatic rings. The SMILES string of the molecule is CCCCCCCCCCCCC/C=C/CCc1ccc(OCC2(C)CO2)cc1. The summed E-state index contributed by atoms with van der Waals surface area (Å²) in [6.45, 7) is 5.84. The fourth-order valence-corrected chi connectivity index (χ4v) is 3.61. The Labute approximate surface area is 180 Å². The fraction of sp³-hybridized carbons (Fsp3) is 0.704. The highest BCUT2D eigenvalue weighted by Crippen LogP contribution is 2.27. The van der Waals surface area contributed by atoms with Gasteiger partial charge in [0.1, 0.15) is 18.0 Å². The summed E-state index contributed by atoms with van der Waals surface area (Å²) in [6, 6.07) is 8.53. The van der Waals surface area contributed by atoms with Crippen LogP contribution in [-0.2, 0) is 11.2 Å². The van der Waals surface area contributed by atoms with Gasteiger partial charge in [-0.1, -0.05) is 95.4 Å². The van der Waals surface area contributed by atoms with Gasteiger partial charge in [-0.2, -0.15) is 0 Å². The summed E-state index contributed by atoms with van der Waals surface area (Å²) in [5, 5.41) is 0. The minimum Gasteiger partial charge on any atom is -0.491 e. The molecule has 1 unspecified atom stereocenters. The maximum atomic E-state index is 5.78. The predicted molar refractivity (Wildman–Crippen MR) is 125 cm³/mol. The van der Waals surface area contributed by atoms with Gasteiger partial charge in [0, 0.05) is 0 Å². The van der Waals surface area contributed by atoms with Crippen LogP contribution < -0.4 is 4.74 Å². The number of aryl methyl sites for hydroxylation is 1. The molecule has 2 nitrogen and oxygen atoms in total. The van der Waals surface area contributed by atoms with Gasteiger partial charge in [0.15, 0.2) is 0 Å². The van der Waals surface area contributed by atoms with Crippen LogP contribution in [0.15, 0.2) is 36.4 Å². The van der Waals surface area contributed by atoms with E-state index in [1.165, 1.54) is 82.6 Å². The van der Waals surface area contributed by atoms with Gasteiger partial charge < -0.3 is 9.47 Å². The molecule has 0 aliphatic carbocycles. The van der Waals surface area contributed by atoms with Gasteiger partial charge in [0.25, 0.3) is 0 Å². The van der Waals surface area contributed by atoms with Crippen LogP contribution in [0.3, 0.4) is 0 Å². The largest absolute Gasteiger partial charge is 0.491 e. The number of ether oxygens (including phenoxy) is 2.